The van der Waals surface area contributed by atoms with Gasteiger partial charge in [-0.25, -0.2) is 0 Å². The van der Waals surface area contributed by atoms with Gasteiger partial charge in [0, 0.05) is 17.9 Å². The lowest BCUT2D eigenvalue weighted by Crippen LogP contribution is -2.72. The molecule has 144 valence electrons. The summed E-state index contributed by atoms with van der Waals surface area (Å²) in [5.74, 6) is 1.22. The molecule has 0 radical (unpaired) electrons. The average molecular weight is 371 g/mol. The van der Waals surface area contributed by atoms with Crippen molar-refractivity contribution in [1.82, 2.24) is 5.32 Å². The van der Waals surface area contributed by atoms with Crippen molar-refractivity contribution < 1.29 is 24.2 Å². The molecule has 1 amide bonds. The number of benzene rings is 1. The lowest BCUT2D eigenvalue weighted by atomic mass is 9.53. The van der Waals surface area contributed by atoms with E-state index < -0.39 is 23.2 Å². The molecule has 1 aliphatic heterocycles. The van der Waals surface area contributed by atoms with E-state index >= 15 is 0 Å². The zero-order chi connectivity index (χ0) is 19.0. The van der Waals surface area contributed by atoms with Crippen LogP contribution >= 0.6 is 0 Å². The first-order valence-corrected chi connectivity index (χ1v) is 9.82. The maximum atomic E-state index is 12.7. The van der Waals surface area contributed by atoms with Crippen molar-refractivity contribution in [2.24, 2.45) is 5.92 Å². The predicted octanol–water partition coefficient (Wildman–Crippen LogP) is 1.65. The molecular formula is C21H25NO5. The summed E-state index contributed by atoms with van der Waals surface area (Å²) in [6.45, 7) is 1.91. The van der Waals surface area contributed by atoms with Gasteiger partial charge in [0.25, 0.3) is 0 Å². The van der Waals surface area contributed by atoms with Gasteiger partial charge in [0.1, 0.15) is 0 Å². The molecule has 2 fully saturated rings. The molecule has 2 N–H and O–H groups in total. The van der Waals surface area contributed by atoms with E-state index in [1.165, 1.54) is 0 Å². The van der Waals surface area contributed by atoms with Crippen LogP contribution in [-0.4, -0.2) is 41.7 Å². The van der Waals surface area contributed by atoms with Gasteiger partial charge in [-0.05, 0) is 44.2 Å². The van der Waals surface area contributed by atoms with Crippen LogP contribution in [0.1, 0.15) is 50.2 Å². The molecule has 1 aromatic carbocycles. The lowest BCUT2D eigenvalue weighted by Gasteiger charge is -2.55. The number of hydrogen-bond acceptors (Lipinski definition) is 5. The highest BCUT2D eigenvalue weighted by molar-refractivity contribution is 5.90. The Morgan fingerprint density at radius 3 is 2.81 bits per heavy atom. The fraction of sp³-hybridized carbons (Fsp3) is 0.619. The van der Waals surface area contributed by atoms with Gasteiger partial charge >= 0.3 is 0 Å². The Morgan fingerprint density at radius 2 is 2.15 bits per heavy atom. The van der Waals surface area contributed by atoms with Crippen LogP contribution in [0, 0.1) is 5.92 Å². The number of carbonyl (C=O) groups is 2. The van der Waals surface area contributed by atoms with E-state index in [9.17, 15) is 14.7 Å². The largest absolute Gasteiger partial charge is 0.493 e. The Balaban J connectivity index is 1.63. The molecule has 0 bridgehead atoms. The summed E-state index contributed by atoms with van der Waals surface area (Å²) >= 11 is 0. The molecule has 0 spiro atoms. The Morgan fingerprint density at radius 1 is 1.37 bits per heavy atom. The smallest absolute Gasteiger partial charge is 0.223 e. The SMILES string of the molecule is COc1ccc2c3c1O[C@@H]1C(=O)CC[C@](O)([C@@H](NC(=O)C4CCC4)C2)C31C. The molecule has 1 unspecified atom stereocenters. The molecule has 3 aliphatic carbocycles. The number of aliphatic hydroxyl groups is 1. The standard InChI is InChI=1S/C21H25NO5/c1-20-16-12-6-7-14(26-2)17(16)27-18(20)13(23)8-9-21(20,25)15(10-12)22-19(24)11-4-3-5-11/h6-7,11,15,18,25H,3-5,8-10H2,1-2H3,(H,22,24)/t15-,18+,20?,21-/m0/s1. The Bertz CT molecular complexity index is 847. The number of hydrogen-bond donors (Lipinski definition) is 2. The van der Waals surface area contributed by atoms with Crippen LogP contribution < -0.4 is 14.8 Å². The van der Waals surface area contributed by atoms with Gasteiger partial charge in [0.2, 0.25) is 5.91 Å². The minimum atomic E-state index is -1.23. The summed E-state index contributed by atoms with van der Waals surface area (Å²) < 4.78 is 11.5. The van der Waals surface area contributed by atoms with E-state index in [-0.39, 0.29) is 24.0 Å². The maximum Gasteiger partial charge on any atom is 0.223 e. The van der Waals surface area contributed by atoms with Gasteiger partial charge in [-0.2, -0.15) is 0 Å². The zero-order valence-corrected chi connectivity index (χ0v) is 15.7. The van der Waals surface area contributed by atoms with Crippen LogP contribution in [0.25, 0.3) is 0 Å². The summed E-state index contributed by atoms with van der Waals surface area (Å²) in [6, 6.07) is 3.38. The first kappa shape index (κ1) is 17.0. The fourth-order valence-electron chi connectivity index (χ4n) is 5.58. The third-order valence-electron chi connectivity index (χ3n) is 7.44. The normalized spacial score (nSPS) is 36.5. The number of rotatable bonds is 3. The van der Waals surface area contributed by atoms with E-state index in [2.05, 4.69) is 5.32 Å². The topological polar surface area (TPSA) is 84.9 Å². The number of methoxy groups -OCH3 is 1. The number of ketones is 1. The van der Waals surface area contributed by atoms with Crippen LogP contribution in [0.3, 0.4) is 0 Å². The highest BCUT2D eigenvalue weighted by atomic mass is 16.5. The summed E-state index contributed by atoms with van der Waals surface area (Å²) in [5.41, 5.74) is -0.238. The Labute approximate surface area is 158 Å². The molecule has 1 heterocycles. The van der Waals surface area contributed by atoms with Gasteiger partial charge in [0.15, 0.2) is 23.4 Å². The average Bonchev–Trinajstić information content (AvgIpc) is 2.92. The molecule has 6 heteroatoms. The van der Waals surface area contributed by atoms with Gasteiger partial charge in [-0.15, -0.1) is 0 Å². The zero-order valence-electron chi connectivity index (χ0n) is 15.7. The van der Waals surface area contributed by atoms with Gasteiger partial charge in [0.05, 0.1) is 24.2 Å². The Kier molecular flexibility index (Phi) is 3.46. The summed E-state index contributed by atoms with van der Waals surface area (Å²) in [5, 5.41) is 15.0. The van der Waals surface area contributed by atoms with Gasteiger partial charge in [-0.3, -0.25) is 9.59 Å². The van der Waals surface area contributed by atoms with E-state index in [0.29, 0.717) is 24.3 Å². The highest BCUT2D eigenvalue weighted by Crippen LogP contribution is 2.61. The summed E-state index contributed by atoms with van der Waals surface area (Å²) in [7, 11) is 1.57. The number of amides is 1. The second-order valence-corrected chi connectivity index (χ2v) is 8.62. The minimum absolute atomic E-state index is 0.00246. The molecule has 5 rings (SSSR count). The van der Waals surface area contributed by atoms with E-state index in [1.54, 1.807) is 7.11 Å². The van der Waals surface area contributed by atoms with Crippen molar-refractivity contribution in [2.75, 3.05) is 7.11 Å². The summed E-state index contributed by atoms with van der Waals surface area (Å²) in [6.07, 6.45) is 3.27. The number of nitrogens with one attached hydrogen (secondary N) is 1. The van der Waals surface area contributed by atoms with Crippen LogP contribution in [0.2, 0.25) is 0 Å². The number of carbonyl (C=O) groups excluding carboxylic acids is 2. The molecule has 4 atom stereocenters. The van der Waals surface area contributed by atoms with Gasteiger partial charge < -0.3 is 19.9 Å². The second-order valence-electron chi connectivity index (χ2n) is 8.62. The number of ether oxygens (including phenoxy) is 2. The monoisotopic (exact) mass is 371 g/mol. The predicted molar refractivity (Wildman–Crippen MR) is 96.9 cm³/mol. The first-order chi connectivity index (χ1) is 12.9. The molecule has 0 aromatic heterocycles. The lowest BCUT2D eigenvalue weighted by molar-refractivity contribution is -0.157. The highest BCUT2D eigenvalue weighted by Gasteiger charge is 2.69. The minimum Gasteiger partial charge on any atom is -0.493 e. The number of Topliss-reactive ketones (excluding diaryl/α,β-unsaturated/α-hetero) is 1. The van der Waals surface area contributed by atoms with Crippen molar-refractivity contribution in [3.63, 3.8) is 0 Å². The van der Waals surface area contributed by atoms with E-state index in [1.807, 2.05) is 19.1 Å². The van der Waals surface area contributed by atoms with Crippen molar-refractivity contribution in [3.8, 4) is 11.5 Å². The van der Waals surface area contributed by atoms with Crippen molar-refractivity contribution in [2.45, 2.75) is 68.6 Å². The van der Waals surface area contributed by atoms with Crippen LogP contribution in [0.4, 0.5) is 0 Å². The quantitative estimate of drug-likeness (QED) is 0.844. The molecule has 6 nitrogen and oxygen atoms in total. The fourth-order valence-corrected chi connectivity index (χ4v) is 5.58. The molecule has 4 aliphatic rings. The Hall–Kier alpha value is -2.08. The third kappa shape index (κ3) is 1.99. The van der Waals surface area contributed by atoms with Crippen LogP contribution in [0.5, 0.6) is 11.5 Å². The second kappa shape index (κ2) is 5.47. The molecule has 1 aromatic rings. The van der Waals surface area contributed by atoms with Gasteiger partial charge in [-0.1, -0.05) is 12.5 Å². The third-order valence-corrected chi connectivity index (χ3v) is 7.44. The molecule has 0 saturated heterocycles. The summed E-state index contributed by atoms with van der Waals surface area (Å²) in [4.78, 5) is 25.3. The van der Waals surface area contributed by atoms with Crippen molar-refractivity contribution in [1.29, 1.82) is 0 Å². The van der Waals surface area contributed by atoms with Crippen molar-refractivity contribution in [3.05, 3.63) is 23.3 Å². The van der Waals surface area contributed by atoms with E-state index in [4.69, 9.17) is 9.47 Å². The maximum absolute atomic E-state index is 12.7. The van der Waals surface area contributed by atoms with Crippen molar-refractivity contribution >= 4 is 11.7 Å². The van der Waals surface area contributed by atoms with Crippen LogP contribution in [0.15, 0.2) is 12.1 Å². The van der Waals surface area contributed by atoms with Crippen LogP contribution in [-0.2, 0) is 21.4 Å². The molecule has 2 saturated carbocycles. The molecular weight excluding hydrogens is 346 g/mol. The first-order valence-electron chi connectivity index (χ1n) is 9.82. The van der Waals surface area contributed by atoms with E-state index in [0.717, 1.165) is 30.4 Å². The molecule has 27 heavy (non-hydrogen) atoms.